The summed E-state index contributed by atoms with van der Waals surface area (Å²) in [5.74, 6) is 0.704. The summed E-state index contributed by atoms with van der Waals surface area (Å²) >= 11 is 1.13. The Morgan fingerprint density at radius 1 is 0.926 bits per heavy atom. The minimum Gasteiger partial charge on any atom is -0.383 e. The van der Waals surface area contributed by atoms with Gasteiger partial charge in [-0.2, -0.15) is 13.2 Å². The van der Waals surface area contributed by atoms with Crippen LogP contribution in [0.4, 0.5) is 24.8 Å². The number of anilines is 2. The van der Waals surface area contributed by atoms with Crippen LogP contribution in [0.3, 0.4) is 0 Å². The number of hydrogen-bond donors (Lipinski definition) is 2. The third kappa shape index (κ3) is 4.33. The van der Waals surface area contributed by atoms with Crippen molar-refractivity contribution in [1.82, 2.24) is 9.97 Å². The molecule has 0 saturated carbocycles. The molecular weight excluding hydrogens is 373 g/mol. The quantitative estimate of drug-likeness (QED) is 0.578. The number of nitrogens with one attached hydrogen (secondary N) is 1. The minimum atomic E-state index is -4.50. The third-order valence-corrected chi connectivity index (χ3v) is 4.72. The molecular formula is C19H17F3N4S. The number of hydrogen-bond acceptors (Lipinski definition) is 5. The largest absolute Gasteiger partial charge is 0.418 e. The number of halogens is 3. The molecule has 0 aliphatic rings. The summed E-state index contributed by atoms with van der Waals surface area (Å²) in [6, 6.07) is 12.8. The van der Waals surface area contributed by atoms with Crippen molar-refractivity contribution in [2.45, 2.75) is 25.0 Å². The van der Waals surface area contributed by atoms with Gasteiger partial charge in [-0.25, -0.2) is 9.97 Å². The first-order valence-electron chi connectivity index (χ1n) is 8.06. The summed E-state index contributed by atoms with van der Waals surface area (Å²) in [6.45, 7) is 3.60. The molecule has 0 atom stereocenters. The first-order valence-corrected chi connectivity index (χ1v) is 8.87. The second-order valence-corrected chi connectivity index (χ2v) is 6.79. The van der Waals surface area contributed by atoms with Crippen molar-refractivity contribution in [2.24, 2.45) is 0 Å². The van der Waals surface area contributed by atoms with Crippen molar-refractivity contribution < 1.29 is 13.2 Å². The van der Waals surface area contributed by atoms with Gasteiger partial charge in [0, 0.05) is 17.5 Å². The molecule has 0 unspecified atom stereocenters. The molecule has 8 heteroatoms. The Morgan fingerprint density at radius 2 is 1.67 bits per heavy atom. The highest BCUT2D eigenvalue weighted by Crippen LogP contribution is 2.38. The molecule has 0 aliphatic carbocycles. The Bertz CT molecular complexity index is 973. The second-order valence-electron chi connectivity index (χ2n) is 5.96. The number of nitrogens with zero attached hydrogens (tertiary/aromatic N) is 2. The van der Waals surface area contributed by atoms with E-state index in [1.807, 2.05) is 13.0 Å². The number of rotatable bonds is 4. The van der Waals surface area contributed by atoms with Crippen molar-refractivity contribution >= 4 is 23.6 Å². The molecule has 2 aromatic heterocycles. The van der Waals surface area contributed by atoms with E-state index in [4.69, 9.17) is 5.73 Å². The molecule has 27 heavy (non-hydrogen) atoms. The van der Waals surface area contributed by atoms with E-state index in [1.54, 1.807) is 37.3 Å². The highest BCUT2D eigenvalue weighted by Gasteiger charge is 2.35. The Labute approximate surface area is 159 Å². The molecule has 140 valence electrons. The van der Waals surface area contributed by atoms with E-state index in [9.17, 15) is 13.2 Å². The van der Waals surface area contributed by atoms with Crippen LogP contribution < -0.4 is 10.5 Å². The lowest BCUT2D eigenvalue weighted by Gasteiger charge is -2.15. The molecule has 4 nitrogen and oxygen atoms in total. The van der Waals surface area contributed by atoms with Crippen LogP contribution in [0, 0.1) is 13.8 Å². The van der Waals surface area contributed by atoms with Gasteiger partial charge in [0.15, 0.2) is 0 Å². The van der Waals surface area contributed by atoms with E-state index < -0.39 is 11.7 Å². The summed E-state index contributed by atoms with van der Waals surface area (Å²) < 4.78 is 43.3. The zero-order valence-electron chi connectivity index (χ0n) is 14.6. The standard InChI is InChI=1S/C19H17F3N4S/c1-11-5-3-4-6-13(11)17-14(19(20,21)22)8-9-15(24-17)26-27-16-10-7-12(2)18(23)25-16/h3-10H,1-2H3,(H2,23,25)(H,24,26). The summed E-state index contributed by atoms with van der Waals surface area (Å²) in [6.07, 6.45) is -4.50. The van der Waals surface area contributed by atoms with Gasteiger partial charge < -0.3 is 10.5 Å². The molecule has 0 bridgehead atoms. The van der Waals surface area contributed by atoms with E-state index in [2.05, 4.69) is 14.7 Å². The van der Waals surface area contributed by atoms with Crippen molar-refractivity contribution in [3.8, 4) is 11.3 Å². The van der Waals surface area contributed by atoms with E-state index in [-0.39, 0.29) is 5.69 Å². The number of aryl methyl sites for hydroxylation is 2. The maximum atomic E-state index is 13.4. The van der Waals surface area contributed by atoms with Gasteiger partial charge in [-0.1, -0.05) is 30.3 Å². The average Bonchev–Trinajstić information content (AvgIpc) is 2.62. The van der Waals surface area contributed by atoms with Crippen LogP contribution in [0.1, 0.15) is 16.7 Å². The second kappa shape index (κ2) is 7.48. The average molecular weight is 390 g/mol. The van der Waals surface area contributed by atoms with Crippen LogP contribution >= 0.6 is 11.9 Å². The fraction of sp³-hybridized carbons (Fsp3) is 0.158. The maximum Gasteiger partial charge on any atom is 0.418 e. The molecule has 0 saturated heterocycles. The Hall–Kier alpha value is -2.74. The zero-order valence-corrected chi connectivity index (χ0v) is 15.4. The van der Waals surface area contributed by atoms with E-state index in [0.29, 0.717) is 27.8 Å². The Balaban J connectivity index is 1.94. The number of benzene rings is 1. The third-order valence-electron chi connectivity index (χ3n) is 3.97. The predicted molar refractivity (Wildman–Crippen MR) is 102 cm³/mol. The first-order chi connectivity index (χ1) is 12.8. The van der Waals surface area contributed by atoms with Crippen LogP contribution in [-0.4, -0.2) is 9.97 Å². The number of nitrogens with two attached hydrogens (primary N) is 1. The first kappa shape index (κ1) is 19.0. The van der Waals surface area contributed by atoms with Crippen LogP contribution in [0.15, 0.2) is 53.6 Å². The Morgan fingerprint density at radius 3 is 2.33 bits per heavy atom. The van der Waals surface area contributed by atoms with E-state index in [1.165, 1.54) is 6.07 Å². The molecule has 3 aromatic rings. The van der Waals surface area contributed by atoms with Gasteiger partial charge in [0.2, 0.25) is 0 Å². The summed E-state index contributed by atoms with van der Waals surface area (Å²) in [5, 5.41) is 0.595. The molecule has 0 aliphatic heterocycles. The minimum absolute atomic E-state index is 0.109. The van der Waals surface area contributed by atoms with Gasteiger partial charge in [-0.3, -0.25) is 0 Å². The molecule has 0 amide bonds. The van der Waals surface area contributed by atoms with E-state index in [0.717, 1.165) is 23.6 Å². The molecule has 0 spiro atoms. The van der Waals surface area contributed by atoms with Gasteiger partial charge in [0.1, 0.15) is 16.7 Å². The van der Waals surface area contributed by atoms with Crippen LogP contribution in [0.25, 0.3) is 11.3 Å². The number of alkyl halides is 3. The lowest BCUT2D eigenvalue weighted by Crippen LogP contribution is -2.10. The maximum absolute atomic E-state index is 13.4. The summed E-state index contributed by atoms with van der Waals surface area (Å²) in [4.78, 5) is 8.42. The molecule has 0 radical (unpaired) electrons. The van der Waals surface area contributed by atoms with Gasteiger partial charge in [0.25, 0.3) is 0 Å². The molecule has 0 fully saturated rings. The van der Waals surface area contributed by atoms with Crippen LogP contribution in [0.5, 0.6) is 0 Å². The highest BCUT2D eigenvalue weighted by atomic mass is 32.2. The lowest BCUT2D eigenvalue weighted by molar-refractivity contribution is -0.137. The number of nitrogen functional groups attached to an aromatic ring is 1. The molecule has 3 N–H and O–H groups in total. The van der Waals surface area contributed by atoms with Crippen molar-refractivity contribution in [2.75, 3.05) is 10.5 Å². The van der Waals surface area contributed by atoms with Crippen LogP contribution in [-0.2, 0) is 6.18 Å². The van der Waals surface area contributed by atoms with Crippen molar-refractivity contribution in [3.63, 3.8) is 0 Å². The smallest absolute Gasteiger partial charge is 0.383 e. The van der Waals surface area contributed by atoms with Gasteiger partial charge in [0.05, 0.1) is 11.3 Å². The van der Waals surface area contributed by atoms with Gasteiger partial charge in [-0.05, 0) is 43.2 Å². The van der Waals surface area contributed by atoms with Gasteiger partial charge in [-0.15, -0.1) is 0 Å². The SMILES string of the molecule is Cc1ccccc1-c1nc(NSc2ccc(C)c(N)n2)ccc1C(F)(F)F. The fourth-order valence-corrected chi connectivity index (χ4v) is 3.08. The molecule has 3 rings (SSSR count). The normalized spacial score (nSPS) is 11.4. The molecule has 2 heterocycles. The van der Waals surface area contributed by atoms with Gasteiger partial charge >= 0.3 is 6.18 Å². The lowest BCUT2D eigenvalue weighted by atomic mass is 10.0. The summed E-state index contributed by atoms with van der Waals surface area (Å²) in [7, 11) is 0. The zero-order chi connectivity index (χ0) is 19.6. The Kier molecular flexibility index (Phi) is 5.27. The van der Waals surface area contributed by atoms with Crippen LogP contribution in [0.2, 0.25) is 0 Å². The topological polar surface area (TPSA) is 63.8 Å². The fourth-order valence-electron chi connectivity index (χ4n) is 2.48. The number of pyridine rings is 2. The monoisotopic (exact) mass is 390 g/mol. The van der Waals surface area contributed by atoms with Crippen molar-refractivity contribution in [3.05, 3.63) is 65.2 Å². The van der Waals surface area contributed by atoms with E-state index >= 15 is 0 Å². The predicted octanol–water partition coefficient (Wildman–Crippen LogP) is 5.48. The summed E-state index contributed by atoms with van der Waals surface area (Å²) in [5.41, 5.74) is 6.91. The van der Waals surface area contributed by atoms with Crippen molar-refractivity contribution in [1.29, 1.82) is 0 Å². The number of aromatic nitrogens is 2. The molecule has 1 aromatic carbocycles. The highest BCUT2D eigenvalue weighted by molar-refractivity contribution is 8.00.